The van der Waals surface area contributed by atoms with Gasteiger partial charge in [0.1, 0.15) is 5.58 Å². The molecule has 4 aromatic rings. The van der Waals surface area contributed by atoms with Crippen LogP contribution in [-0.4, -0.2) is 37.1 Å². The fourth-order valence-electron chi connectivity index (χ4n) is 4.06. The lowest BCUT2D eigenvalue weighted by molar-refractivity contribution is 0.0342. The summed E-state index contributed by atoms with van der Waals surface area (Å²) in [4.78, 5) is 15.3. The minimum absolute atomic E-state index is 0.228. The summed E-state index contributed by atoms with van der Waals surface area (Å²) in [6.45, 7) is 6.33. The van der Waals surface area contributed by atoms with Crippen LogP contribution in [-0.2, 0) is 11.3 Å². The maximum absolute atomic E-state index is 12.9. The van der Waals surface area contributed by atoms with E-state index >= 15 is 0 Å². The third-order valence-electron chi connectivity index (χ3n) is 5.76. The number of carbonyl (C=O) groups excluding carboxylic acids is 1. The minimum Gasteiger partial charge on any atom is -0.450 e. The van der Waals surface area contributed by atoms with E-state index in [-0.39, 0.29) is 5.91 Å². The summed E-state index contributed by atoms with van der Waals surface area (Å²) in [5, 5.41) is 6.06. The Balaban J connectivity index is 1.35. The zero-order valence-corrected chi connectivity index (χ0v) is 17.0. The first-order valence-corrected chi connectivity index (χ1v) is 10.3. The number of fused-ring (bicyclic) bond motifs is 3. The molecule has 5 heteroatoms. The summed E-state index contributed by atoms with van der Waals surface area (Å²) in [6, 6.07) is 20.2. The number of carbonyl (C=O) groups is 1. The molecule has 1 aromatic heterocycles. The Kier molecular flexibility index (Phi) is 4.99. The maximum atomic E-state index is 12.9. The van der Waals surface area contributed by atoms with E-state index in [1.54, 1.807) is 0 Å². The highest BCUT2D eigenvalue weighted by atomic mass is 16.5. The van der Waals surface area contributed by atoms with Crippen molar-refractivity contribution in [3.05, 3.63) is 77.6 Å². The molecule has 0 radical (unpaired) electrons. The zero-order valence-electron chi connectivity index (χ0n) is 17.0. The van der Waals surface area contributed by atoms with Crippen LogP contribution in [0.1, 0.15) is 21.7 Å². The second-order valence-corrected chi connectivity index (χ2v) is 7.76. The van der Waals surface area contributed by atoms with Crippen LogP contribution in [0.4, 0.5) is 5.69 Å². The molecule has 1 saturated heterocycles. The average Bonchev–Trinajstić information content (AvgIpc) is 3.13. The zero-order chi connectivity index (χ0) is 20.5. The van der Waals surface area contributed by atoms with Crippen molar-refractivity contribution in [2.24, 2.45) is 0 Å². The van der Waals surface area contributed by atoms with Gasteiger partial charge in [0, 0.05) is 41.7 Å². The third-order valence-corrected chi connectivity index (χ3v) is 5.76. The van der Waals surface area contributed by atoms with E-state index in [2.05, 4.69) is 28.4 Å². The van der Waals surface area contributed by atoms with Gasteiger partial charge < -0.3 is 14.5 Å². The van der Waals surface area contributed by atoms with Crippen LogP contribution in [0.5, 0.6) is 0 Å². The summed E-state index contributed by atoms with van der Waals surface area (Å²) >= 11 is 0. The van der Waals surface area contributed by atoms with E-state index in [4.69, 9.17) is 9.15 Å². The normalized spacial score (nSPS) is 15.0. The van der Waals surface area contributed by atoms with Crippen molar-refractivity contribution < 1.29 is 13.9 Å². The summed E-state index contributed by atoms with van der Waals surface area (Å²) in [7, 11) is 0. The molecule has 0 bridgehead atoms. The molecule has 1 amide bonds. The number of nitrogens with zero attached hydrogens (tertiary/aromatic N) is 1. The molecule has 0 aliphatic carbocycles. The lowest BCUT2D eigenvalue weighted by Gasteiger charge is -2.26. The van der Waals surface area contributed by atoms with Crippen LogP contribution in [0.25, 0.3) is 21.7 Å². The number of anilines is 1. The van der Waals surface area contributed by atoms with Crippen LogP contribution in [0.15, 0.2) is 65.1 Å². The van der Waals surface area contributed by atoms with Gasteiger partial charge in [0.25, 0.3) is 5.91 Å². The first-order chi connectivity index (χ1) is 14.7. The summed E-state index contributed by atoms with van der Waals surface area (Å²) in [6.07, 6.45) is 0. The van der Waals surface area contributed by atoms with Crippen molar-refractivity contribution in [1.82, 2.24) is 4.90 Å². The van der Waals surface area contributed by atoms with Crippen LogP contribution in [0.2, 0.25) is 0 Å². The van der Waals surface area contributed by atoms with Crippen molar-refractivity contribution in [3.63, 3.8) is 0 Å². The van der Waals surface area contributed by atoms with Gasteiger partial charge >= 0.3 is 0 Å². The standard InChI is InChI=1S/C25H24N2O3/c1-17-21-11-8-19-4-2-3-5-22(19)24(21)30-23(17)25(28)26-20-9-6-18(7-10-20)16-27-12-14-29-15-13-27/h2-11H,12-16H2,1H3,(H,26,28). The molecule has 0 spiro atoms. The van der Waals surface area contributed by atoms with Gasteiger partial charge in [-0.25, -0.2) is 0 Å². The highest BCUT2D eigenvalue weighted by molar-refractivity contribution is 6.11. The minimum atomic E-state index is -0.228. The molecule has 2 heterocycles. The van der Waals surface area contributed by atoms with Gasteiger partial charge in [-0.05, 0) is 30.0 Å². The topological polar surface area (TPSA) is 54.7 Å². The van der Waals surface area contributed by atoms with Crippen molar-refractivity contribution in [1.29, 1.82) is 0 Å². The maximum Gasteiger partial charge on any atom is 0.291 e. The molecule has 152 valence electrons. The van der Waals surface area contributed by atoms with E-state index < -0.39 is 0 Å². The Morgan fingerprint density at radius 2 is 1.73 bits per heavy atom. The van der Waals surface area contributed by atoms with Crippen LogP contribution < -0.4 is 5.32 Å². The van der Waals surface area contributed by atoms with Gasteiger partial charge in [-0.15, -0.1) is 0 Å². The fourth-order valence-corrected chi connectivity index (χ4v) is 4.06. The van der Waals surface area contributed by atoms with Crippen molar-refractivity contribution >= 4 is 33.3 Å². The molecule has 5 nitrogen and oxygen atoms in total. The molecule has 1 aliphatic rings. The van der Waals surface area contributed by atoms with Gasteiger partial charge in [0.15, 0.2) is 5.76 Å². The molecule has 0 atom stereocenters. The van der Waals surface area contributed by atoms with Gasteiger partial charge in [0.05, 0.1) is 13.2 Å². The molecular weight excluding hydrogens is 376 g/mol. The predicted molar refractivity (Wildman–Crippen MR) is 119 cm³/mol. The fraction of sp³-hybridized carbons (Fsp3) is 0.240. The molecule has 0 unspecified atom stereocenters. The molecule has 5 rings (SSSR count). The molecule has 3 aromatic carbocycles. The number of benzene rings is 3. The number of nitrogens with one attached hydrogen (secondary N) is 1. The second kappa shape index (κ2) is 7.94. The van der Waals surface area contributed by atoms with E-state index in [0.717, 1.165) is 65.8 Å². The first-order valence-electron chi connectivity index (χ1n) is 10.3. The highest BCUT2D eigenvalue weighted by Crippen LogP contribution is 2.32. The second-order valence-electron chi connectivity index (χ2n) is 7.76. The predicted octanol–water partition coefficient (Wildman–Crippen LogP) is 4.98. The van der Waals surface area contributed by atoms with Gasteiger partial charge in [-0.3, -0.25) is 9.69 Å². The molecule has 30 heavy (non-hydrogen) atoms. The Morgan fingerprint density at radius 1 is 0.967 bits per heavy atom. The first kappa shape index (κ1) is 18.9. The van der Waals surface area contributed by atoms with Crippen molar-refractivity contribution in [2.75, 3.05) is 31.6 Å². The molecule has 1 N–H and O–H groups in total. The van der Waals surface area contributed by atoms with Crippen LogP contribution >= 0.6 is 0 Å². The van der Waals surface area contributed by atoms with Gasteiger partial charge in [-0.1, -0.05) is 48.5 Å². The van der Waals surface area contributed by atoms with E-state index in [0.29, 0.717) is 5.76 Å². The van der Waals surface area contributed by atoms with Gasteiger partial charge in [-0.2, -0.15) is 0 Å². The highest BCUT2D eigenvalue weighted by Gasteiger charge is 2.19. The lowest BCUT2D eigenvalue weighted by atomic mass is 10.1. The Morgan fingerprint density at radius 3 is 2.53 bits per heavy atom. The van der Waals surface area contributed by atoms with E-state index in [1.165, 1.54) is 5.56 Å². The monoisotopic (exact) mass is 400 g/mol. The molecular formula is C25H24N2O3. The Bertz CT molecular complexity index is 1200. The number of morpholine rings is 1. The SMILES string of the molecule is Cc1c(C(=O)Nc2ccc(CN3CCOCC3)cc2)oc2c1ccc1ccccc12. The van der Waals surface area contributed by atoms with Crippen LogP contribution in [0.3, 0.4) is 0 Å². The number of hydrogen-bond donors (Lipinski definition) is 1. The molecule has 0 saturated carbocycles. The van der Waals surface area contributed by atoms with Crippen molar-refractivity contribution in [2.45, 2.75) is 13.5 Å². The largest absolute Gasteiger partial charge is 0.450 e. The number of hydrogen-bond acceptors (Lipinski definition) is 4. The number of rotatable bonds is 4. The van der Waals surface area contributed by atoms with Gasteiger partial charge in [0.2, 0.25) is 0 Å². The molecule has 1 fully saturated rings. The summed E-state index contributed by atoms with van der Waals surface area (Å²) in [5.41, 5.74) is 3.60. The third kappa shape index (κ3) is 3.58. The average molecular weight is 400 g/mol. The molecule has 1 aliphatic heterocycles. The lowest BCUT2D eigenvalue weighted by Crippen LogP contribution is -2.35. The van der Waals surface area contributed by atoms with Crippen LogP contribution in [0, 0.1) is 6.92 Å². The van der Waals surface area contributed by atoms with Crippen molar-refractivity contribution in [3.8, 4) is 0 Å². The number of ether oxygens (including phenoxy) is 1. The number of furan rings is 1. The number of amides is 1. The Hall–Kier alpha value is -3.15. The van der Waals surface area contributed by atoms with E-state index in [9.17, 15) is 4.79 Å². The smallest absolute Gasteiger partial charge is 0.291 e. The van der Waals surface area contributed by atoms with E-state index in [1.807, 2.05) is 49.4 Å². The number of aryl methyl sites for hydroxylation is 1. The summed E-state index contributed by atoms with van der Waals surface area (Å²) in [5.74, 6) is 0.132. The Labute approximate surface area is 175 Å². The summed E-state index contributed by atoms with van der Waals surface area (Å²) < 4.78 is 11.4. The quantitative estimate of drug-likeness (QED) is 0.525.